The second-order valence-corrected chi connectivity index (χ2v) is 4.91. The number of nitrogens with zero attached hydrogens (tertiary/aromatic N) is 1. The zero-order valence-electron chi connectivity index (χ0n) is 10.8. The highest BCUT2D eigenvalue weighted by atomic mass is 32.1. The fourth-order valence-electron chi connectivity index (χ4n) is 1.55. The molecule has 2 aromatic heterocycles. The maximum atomic E-state index is 11.8. The van der Waals surface area contributed by atoms with E-state index in [1.54, 1.807) is 17.9 Å². The Balaban J connectivity index is 1.83. The predicted molar refractivity (Wildman–Crippen MR) is 75.3 cm³/mol. The van der Waals surface area contributed by atoms with Crippen LogP contribution in [0.4, 0.5) is 0 Å². The molecule has 0 bridgehead atoms. The van der Waals surface area contributed by atoms with Gasteiger partial charge in [-0.2, -0.15) is 0 Å². The Bertz CT molecular complexity index is 508. The maximum absolute atomic E-state index is 11.8. The van der Waals surface area contributed by atoms with E-state index in [-0.39, 0.29) is 5.91 Å². The molecular formula is C13H17N3O2S. The highest BCUT2D eigenvalue weighted by molar-refractivity contribution is 7.13. The van der Waals surface area contributed by atoms with Crippen LogP contribution in [0.3, 0.4) is 0 Å². The molecule has 0 unspecified atom stereocenters. The van der Waals surface area contributed by atoms with Crippen LogP contribution in [0.1, 0.15) is 23.8 Å². The number of rotatable bonds is 7. The summed E-state index contributed by atoms with van der Waals surface area (Å²) in [7, 11) is 0. The van der Waals surface area contributed by atoms with Gasteiger partial charge in [0.15, 0.2) is 0 Å². The Kier molecular flexibility index (Phi) is 5.11. The van der Waals surface area contributed by atoms with Crippen molar-refractivity contribution in [3.05, 3.63) is 29.7 Å². The Hall–Kier alpha value is -1.66. The number of carbonyl (C=O) groups excluding carboxylic acids is 1. The first kappa shape index (κ1) is 13.8. The second-order valence-electron chi connectivity index (χ2n) is 4.06. The molecule has 0 aliphatic rings. The van der Waals surface area contributed by atoms with Crippen molar-refractivity contribution < 1.29 is 9.21 Å². The first-order valence-electron chi connectivity index (χ1n) is 6.28. The Morgan fingerprint density at radius 1 is 1.42 bits per heavy atom. The molecule has 0 aliphatic heterocycles. The number of aromatic nitrogens is 1. The van der Waals surface area contributed by atoms with Gasteiger partial charge in [0.05, 0.1) is 6.26 Å². The number of furan rings is 1. The van der Waals surface area contributed by atoms with E-state index in [1.807, 2.05) is 6.07 Å². The quantitative estimate of drug-likeness (QED) is 0.762. The van der Waals surface area contributed by atoms with Gasteiger partial charge in [-0.25, -0.2) is 4.98 Å². The molecule has 0 radical (unpaired) electrons. The molecule has 0 aromatic carbocycles. The van der Waals surface area contributed by atoms with Crippen LogP contribution < -0.4 is 10.6 Å². The van der Waals surface area contributed by atoms with Crippen molar-refractivity contribution in [2.24, 2.45) is 0 Å². The van der Waals surface area contributed by atoms with Gasteiger partial charge in [0.25, 0.3) is 5.91 Å². The average Bonchev–Trinajstić information content (AvgIpc) is 3.08. The highest BCUT2D eigenvalue weighted by Gasteiger charge is 2.11. The van der Waals surface area contributed by atoms with Crippen LogP contribution >= 0.6 is 11.3 Å². The Morgan fingerprint density at radius 2 is 2.32 bits per heavy atom. The summed E-state index contributed by atoms with van der Waals surface area (Å²) in [4.78, 5) is 16.1. The van der Waals surface area contributed by atoms with Gasteiger partial charge in [0.1, 0.15) is 17.0 Å². The predicted octanol–water partition coefficient (Wildman–Crippen LogP) is 2.13. The number of carbonyl (C=O) groups is 1. The fourth-order valence-corrected chi connectivity index (χ4v) is 2.34. The summed E-state index contributed by atoms with van der Waals surface area (Å²) in [6.45, 7) is 4.46. The van der Waals surface area contributed by atoms with E-state index < -0.39 is 0 Å². The summed E-state index contributed by atoms with van der Waals surface area (Å²) in [5.74, 6) is -0.135. The number of hydrogen-bond donors (Lipinski definition) is 2. The maximum Gasteiger partial charge on any atom is 0.270 e. The van der Waals surface area contributed by atoms with Gasteiger partial charge < -0.3 is 15.1 Å². The van der Waals surface area contributed by atoms with Crippen molar-refractivity contribution in [3.8, 4) is 10.6 Å². The number of hydrogen-bond acceptors (Lipinski definition) is 5. The van der Waals surface area contributed by atoms with Gasteiger partial charge in [-0.1, -0.05) is 6.92 Å². The van der Waals surface area contributed by atoms with Crippen molar-refractivity contribution >= 4 is 17.2 Å². The molecule has 0 atom stereocenters. The van der Waals surface area contributed by atoms with E-state index in [9.17, 15) is 4.79 Å². The lowest BCUT2D eigenvalue weighted by Gasteiger charge is -2.04. The lowest BCUT2D eigenvalue weighted by Crippen LogP contribution is -2.32. The molecule has 0 saturated heterocycles. The van der Waals surface area contributed by atoms with Crippen LogP contribution in [0, 0.1) is 0 Å². The first-order chi connectivity index (χ1) is 9.31. The average molecular weight is 279 g/mol. The van der Waals surface area contributed by atoms with Crippen LogP contribution in [0.15, 0.2) is 28.4 Å². The van der Waals surface area contributed by atoms with Gasteiger partial charge in [0.2, 0.25) is 0 Å². The smallest absolute Gasteiger partial charge is 0.270 e. The highest BCUT2D eigenvalue weighted by Crippen LogP contribution is 2.23. The van der Waals surface area contributed by atoms with Crippen LogP contribution in [0.25, 0.3) is 10.6 Å². The number of thiazole rings is 1. The molecule has 0 saturated carbocycles. The van der Waals surface area contributed by atoms with E-state index in [4.69, 9.17) is 4.42 Å². The summed E-state index contributed by atoms with van der Waals surface area (Å²) in [5.41, 5.74) is 1.35. The fraction of sp³-hybridized carbons (Fsp3) is 0.385. The number of amides is 1. The van der Waals surface area contributed by atoms with E-state index in [0.29, 0.717) is 12.2 Å². The zero-order chi connectivity index (χ0) is 13.5. The third-order valence-corrected chi connectivity index (χ3v) is 3.41. The summed E-state index contributed by atoms with van der Waals surface area (Å²) in [6.07, 6.45) is 4.30. The molecule has 5 nitrogen and oxygen atoms in total. The van der Waals surface area contributed by atoms with E-state index >= 15 is 0 Å². The van der Waals surface area contributed by atoms with Gasteiger partial charge in [-0.05, 0) is 19.0 Å². The molecular weight excluding hydrogens is 262 g/mol. The Labute approximate surface area is 116 Å². The Morgan fingerprint density at radius 3 is 3.05 bits per heavy atom. The lowest BCUT2D eigenvalue weighted by molar-refractivity contribution is 0.0949. The van der Waals surface area contributed by atoms with Crippen LogP contribution in [0.2, 0.25) is 0 Å². The molecule has 2 aromatic rings. The monoisotopic (exact) mass is 279 g/mol. The topological polar surface area (TPSA) is 67.2 Å². The van der Waals surface area contributed by atoms with Gasteiger partial charge in [0, 0.05) is 24.0 Å². The minimum absolute atomic E-state index is 0.135. The van der Waals surface area contributed by atoms with Crippen LogP contribution in [-0.2, 0) is 0 Å². The van der Waals surface area contributed by atoms with Gasteiger partial charge in [-0.15, -0.1) is 11.3 Å². The third kappa shape index (κ3) is 3.90. The van der Waals surface area contributed by atoms with Crippen molar-refractivity contribution in [3.63, 3.8) is 0 Å². The molecule has 102 valence electrons. The van der Waals surface area contributed by atoms with E-state index in [2.05, 4.69) is 22.5 Å². The first-order valence-corrected chi connectivity index (χ1v) is 7.16. The minimum atomic E-state index is -0.135. The molecule has 6 heteroatoms. The molecule has 0 spiro atoms. The third-order valence-electron chi connectivity index (χ3n) is 2.52. The van der Waals surface area contributed by atoms with Crippen molar-refractivity contribution in [1.82, 2.24) is 15.6 Å². The van der Waals surface area contributed by atoms with Gasteiger partial charge in [-0.3, -0.25) is 4.79 Å². The van der Waals surface area contributed by atoms with E-state index in [1.165, 1.54) is 11.3 Å². The van der Waals surface area contributed by atoms with Crippen molar-refractivity contribution in [1.29, 1.82) is 0 Å². The standard InChI is InChI=1S/C13H17N3O2S/c1-2-4-14-5-6-15-12(17)11-9-19-13(16-11)10-3-7-18-8-10/h3,7-9,14H,2,4-6H2,1H3,(H,15,17). The molecule has 1 amide bonds. The van der Waals surface area contributed by atoms with Crippen LogP contribution in [-0.4, -0.2) is 30.5 Å². The summed E-state index contributed by atoms with van der Waals surface area (Å²) >= 11 is 1.44. The largest absolute Gasteiger partial charge is 0.472 e. The lowest BCUT2D eigenvalue weighted by atomic mass is 10.3. The van der Waals surface area contributed by atoms with Gasteiger partial charge >= 0.3 is 0 Å². The summed E-state index contributed by atoms with van der Waals surface area (Å²) in [6, 6.07) is 1.83. The number of nitrogens with one attached hydrogen (secondary N) is 2. The molecule has 0 aliphatic carbocycles. The molecule has 0 fully saturated rings. The van der Waals surface area contributed by atoms with Crippen molar-refractivity contribution in [2.45, 2.75) is 13.3 Å². The summed E-state index contributed by atoms with van der Waals surface area (Å²) in [5, 5.41) is 8.62. The SMILES string of the molecule is CCCNCCNC(=O)c1csc(-c2ccoc2)n1. The molecule has 2 N–H and O–H groups in total. The van der Waals surface area contributed by atoms with Crippen LogP contribution in [0.5, 0.6) is 0 Å². The normalized spacial score (nSPS) is 10.6. The summed E-state index contributed by atoms with van der Waals surface area (Å²) < 4.78 is 5.00. The minimum Gasteiger partial charge on any atom is -0.472 e. The van der Waals surface area contributed by atoms with Crippen molar-refractivity contribution in [2.75, 3.05) is 19.6 Å². The second kappa shape index (κ2) is 7.06. The molecule has 19 heavy (non-hydrogen) atoms. The van der Waals surface area contributed by atoms with E-state index in [0.717, 1.165) is 30.1 Å². The zero-order valence-corrected chi connectivity index (χ0v) is 11.6. The molecule has 2 heterocycles. The molecule has 2 rings (SSSR count).